The average Bonchev–Trinajstić information content (AvgIpc) is 2.41. The third-order valence-electron chi connectivity index (χ3n) is 2.62. The fourth-order valence-electron chi connectivity index (χ4n) is 1.53. The van der Waals surface area contributed by atoms with E-state index in [1.165, 1.54) is 24.3 Å². The van der Waals surface area contributed by atoms with Gasteiger partial charge in [0.05, 0.1) is 5.56 Å². The Morgan fingerprint density at radius 3 is 2.05 bits per heavy atom. The zero-order chi connectivity index (χ0) is 14.8. The number of rotatable bonds is 4. The smallest absolute Gasteiger partial charge is 0.339 e. The van der Waals surface area contributed by atoms with Crippen molar-refractivity contribution < 1.29 is 22.5 Å². The summed E-state index contributed by atoms with van der Waals surface area (Å²) in [5, 5.41) is 8.76. The van der Waals surface area contributed by atoms with Crippen LogP contribution in [-0.2, 0) is 10.1 Å². The Morgan fingerprint density at radius 1 is 1.00 bits per heavy atom. The van der Waals surface area contributed by atoms with Gasteiger partial charge >= 0.3 is 16.1 Å². The first-order valence-corrected chi connectivity index (χ1v) is 7.14. The van der Waals surface area contributed by atoms with Gasteiger partial charge in [0.1, 0.15) is 10.6 Å². The SMILES string of the molecule is Cc1ccc(OS(=O)(=O)c2ccc(C(=O)O)cc2)cc1. The molecule has 6 heteroatoms. The fourth-order valence-corrected chi connectivity index (χ4v) is 2.46. The van der Waals surface area contributed by atoms with Gasteiger partial charge in [-0.05, 0) is 43.3 Å². The van der Waals surface area contributed by atoms with Gasteiger partial charge in [-0.2, -0.15) is 8.42 Å². The quantitative estimate of drug-likeness (QED) is 0.875. The minimum atomic E-state index is -3.96. The van der Waals surface area contributed by atoms with Crippen LogP contribution < -0.4 is 4.18 Å². The molecule has 0 radical (unpaired) electrons. The summed E-state index contributed by atoms with van der Waals surface area (Å²) < 4.78 is 29.0. The molecular weight excluding hydrogens is 280 g/mol. The van der Waals surface area contributed by atoms with E-state index in [4.69, 9.17) is 9.29 Å². The summed E-state index contributed by atoms with van der Waals surface area (Å²) in [6.07, 6.45) is 0. The van der Waals surface area contributed by atoms with Crippen molar-refractivity contribution in [1.82, 2.24) is 0 Å². The molecule has 0 aromatic heterocycles. The van der Waals surface area contributed by atoms with Crippen LogP contribution in [0.15, 0.2) is 53.4 Å². The minimum Gasteiger partial charge on any atom is -0.478 e. The van der Waals surface area contributed by atoms with Gasteiger partial charge < -0.3 is 9.29 Å². The van der Waals surface area contributed by atoms with Crippen LogP contribution in [0.3, 0.4) is 0 Å². The molecule has 0 aliphatic heterocycles. The van der Waals surface area contributed by atoms with Gasteiger partial charge in [-0.3, -0.25) is 0 Å². The van der Waals surface area contributed by atoms with Crippen LogP contribution in [0.1, 0.15) is 15.9 Å². The predicted molar refractivity (Wildman–Crippen MR) is 72.4 cm³/mol. The number of benzene rings is 2. The van der Waals surface area contributed by atoms with E-state index < -0.39 is 16.1 Å². The molecule has 0 atom stereocenters. The Morgan fingerprint density at radius 2 is 1.55 bits per heavy atom. The van der Waals surface area contributed by atoms with Gasteiger partial charge in [0.15, 0.2) is 0 Å². The van der Waals surface area contributed by atoms with E-state index in [9.17, 15) is 13.2 Å². The molecule has 0 fully saturated rings. The molecule has 2 aromatic rings. The lowest BCUT2D eigenvalue weighted by Gasteiger charge is -2.07. The largest absolute Gasteiger partial charge is 0.478 e. The van der Waals surface area contributed by atoms with Gasteiger partial charge in [-0.1, -0.05) is 17.7 Å². The van der Waals surface area contributed by atoms with E-state index in [0.29, 0.717) is 0 Å². The molecule has 2 rings (SSSR count). The van der Waals surface area contributed by atoms with Crippen molar-refractivity contribution in [2.24, 2.45) is 0 Å². The standard InChI is InChI=1S/C14H12O5S/c1-10-2-6-12(7-3-10)19-20(17,18)13-8-4-11(5-9-13)14(15)16/h2-9H,1H3,(H,15,16). The number of carboxylic acids is 1. The first kappa shape index (κ1) is 14.1. The first-order valence-electron chi connectivity index (χ1n) is 5.73. The van der Waals surface area contributed by atoms with E-state index in [1.54, 1.807) is 24.3 Å². The summed E-state index contributed by atoms with van der Waals surface area (Å²) in [6.45, 7) is 1.88. The monoisotopic (exact) mass is 292 g/mol. The van der Waals surface area contributed by atoms with Crippen molar-refractivity contribution in [2.75, 3.05) is 0 Å². The molecule has 0 aliphatic rings. The lowest BCUT2D eigenvalue weighted by atomic mass is 10.2. The zero-order valence-electron chi connectivity index (χ0n) is 10.6. The first-order chi connectivity index (χ1) is 9.38. The van der Waals surface area contributed by atoms with Gasteiger partial charge in [-0.15, -0.1) is 0 Å². The second-order valence-electron chi connectivity index (χ2n) is 4.18. The Labute approximate surface area is 116 Å². The molecule has 0 unspecified atom stereocenters. The lowest BCUT2D eigenvalue weighted by Crippen LogP contribution is -2.10. The maximum absolute atomic E-state index is 12.0. The van der Waals surface area contributed by atoms with Gasteiger partial charge in [0.25, 0.3) is 0 Å². The van der Waals surface area contributed by atoms with E-state index in [1.807, 2.05) is 6.92 Å². The van der Waals surface area contributed by atoms with E-state index >= 15 is 0 Å². The lowest BCUT2D eigenvalue weighted by molar-refractivity contribution is 0.0696. The van der Waals surface area contributed by atoms with E-state index in [2.05, 4.69) is 0 Å². The highest BCUT2D eigenvalue weighted by atomic mass is 32.2. The molecule has 20 heavy (non-hydrogen) atoms. The highest BCUT2D eigenvalue weighted by Crippen LogP contribution is 2.19. The second-order valence-corrected chi connectivity index (χ2v) is 5.73. The summed E-state index contributed by atoms with van der Waals surface area (Å²) in [5.74, 6) is -0.911. The molecule has 0 saturated carbocycles. The maximum Gasteiger partial charge on any atom is 0.339 e. The highest BCUT2D eigenvalue weighted by Gasteiger charge is 2.17. The fraction of sp³-hybridized carbons (Fsp3) is 0.0714. The number of carboxylic acid groups (broad SMARTS) is 1. The van der Waals surface area contributed by atoms with Gasteiger partial charge in [0.2, 0.25) is 0 Å². The highest BCUT2D eigenvalue weighted by molar-refractivity contribution is 7.87. The van der Waals surface area contributed by atoms with E-state index in [0.717, 1.165) is 5.56 Å². The Bertz CT molecular complexity index is 715. The number of carbonyl (C=O) groups is 1. The summed E-state index contributed by atoms with van der Waals surface area (Å²) >= 11 is 0. The molecule has 0 heterocycles. The number of aryl methyl sites for hydroxylation is 1. The average molecular weight is 292 g/mol. The Hall–Kier alpha value is -2.34. The zero-order valence-corrected chi connectivity index (χ0v) is 11.4. The molecule has 0 spiro atoms. The summed E-state index contributed by atoms with van der Waals surface area (Å²) in [7, 11) is -3.96. The molecule has 0 saturated heterocycles. The van der Waals surface area contributed by atoms with Crippen molar-refractivity contribution in [2.45, 2.75) is 11.8 Å². The predicted octanol–water partition coefficient (Wildman–Crippen LogP) is 2.46. The molecule has 0 amide bonds. The second kappa shape index (κ2) is 5.34. The van der Waals surface area contributed by atoms with Crippen LogP contribution in [-0.4, -0.2) is 19.5 Å². The van der Waals surface area contributed by atoms with Crippen LogP contribution in [0.2, 0.25) is 0 Å². The molecule has 104 valence electrons. The number of aromatic carboxylic acids is 1. The van der Waals surface area contributed by atoms with E-state index in [-0.39, 0.29) is 16.2 Å². The maximum atomic E-state index is 12.0. The molecule has 0 aliphatic carbocycles. The van der Waals surface area contributed by atoms with Crippen molar-refractivity contribution >= 4 is 16.1 Å². The third-order valence-corrected chi connectivity index (χ3v) is 3.88. The van der Waals surface area contributed by atoms with Crippen LogP contribution in [0.25, 0.3) is 0 Å². The number of hydrogen-bond donors (Lipinski definition) is 1. The van der Waals surface area contributed by atoms with Crippen molar-refractivity contribution in [3.05, 3.63) is 59.7 Å². The van der Waals surface area contributed by atoms with Crippen LogP contribution >= 0.6 is 0 Å². The Balaban J connectivity index is 2.26. The molecular formula is C14H12O5S. The topological polar surface area (TPSA) is 80.7 Å². The van der Waals surface area contributed by atoms with Crippen LogP contribution in [0.4, 0.5) is 0 Å². The normalized spacial score (nSPS) is 11.1. The van der Waals surface area contributed by atoms with Crippen molar-refractivity contribution in [3.8, 4) is 5.75 Å². The van der Waals surface area contributed by atoms with Crippen LogP contribution in [0.5, 0.6) is 5.75 Å². The number of hydrogen-bond acceptors (Lipinski definition) is 4. The van der Waals surface area contributed by atoms with Gasteiger partial charge in [-0.25, -0.2) is 4.79 Å². The summed E-state index contributed by atoms with van der Waals surface area (Å²) in [5.41, 5.74) is 1.000. The third kappa shape index (κ3) is 3.16. The summed E-state index contributed by atoms with van der Waals surface area (Å²) in [6, 6.07) is 11.4. The summed E-state index contributed by atoms with van der Waals surface area (Å²) in [4.78, 5) is 10.6. The molecule has 0 bridgehead atoms. The van der Waals surface area contributed by atoms with Crippen molar-refractivity contribution in [3.63, 3.8) is 0 Å². The molecule has 2 aromatic carbocycles. The van der Waals surface area contributed by atoms with Gasteiger partial charge in [0, 0.05) is 0 Å². The Kier molecular flexibility index (Phi) is 3.76. The molecule has 5 nitrogen and oxygen atoms in total. The van der Waals surface area contributed by atoms with Crippen molar-refractivity contribution in [1.29, 1.82) is 0 Å². The minimum absolute atomic E-state index is 0.0132. The van der Waals surface area contributed by atoms with Crippen LogP contribution in [0, 0.1) is 6.92 Å². The molecule has 1 N–H and O–H groups in total.